The van der Waals surface area contributed by atoms with Crippen molar-refractivity contribution in [1.82, 2.24) is 10.6 Å². The van der Waals surface area contributed by atoms with Gasteiger partial charge < -0.3 is 10.6 Å². The maximum Gasteiger partial charge on any atom is 0.220 e. The van der Waals surface area contributed by atoms with Crippen LogP contribution < -0.4 is 10.6 Å². The minimum absolute atomic E-state index is 0.129. The third-order valence-corrected chi connectivity index (χ3v) is 1.77. The molecule has 0 aliphatic heterocycles. The van der Waals surface area contributed by atoms with E-state index < -0.39 is 0 Å². The van der Waals surface area contributed by atoms with Crippen molar-refractivity contribution in [1.29, 1.82) is 0 Å². The van der Waals surface area contributed by atoms with Crippen molar-refractivity contribution in [2.45, 2.75) is 25.7 Å². The van der Waals surface area contributed by atoms with E-state index in [2.05, 4.69) is 17.2 Å². The first-order valence-electron chi connectivity index (χ1n) is 4.83. The first kappa shape index (κ1) is 12.2. The molecular weight excluding hydrogens is 164 g/mol. The van der Waals surface area contributed by atoms with Crippen LogP contribution in [0.15, 0.2) is 12.7 Å². The van der Waals surface area contributed by atoms with Crippen LogP contribution in [0, 0.1) is 0 Å². The highest BCUT2D eigenvalue weighted by Crippen LogP contribution is 1.98. The molecule has 0 aliphatic carbocycles. The number of rotatable bonds is 8. The van der Waals surface area contributed by atoms with Gasteiger partial charge in [-0.15, -0.1) is 6.58 Å². The van der Waals surface area contributed by atoms with Crippen LogP contribution in [0.3, 0.4) is 0 Å². The molecule has 3 nitrogen and oxygen atoms in total. The van der Waals surface area contributed by atoms with Crippen LogP contribution in [0.1, 0.15) is 25.7 Å². The van der Waals surface area contributed by atoms with Gasteiger partial charge in [-0.1, -0.05) is 12.5 Å². The Morgan fingerprint density at radius 2 is 2.15 bits per heavy atom. The lowest BCUT2D eigenvalue weighted by Crippen LogP contribution is -2.22. The van der Waals surface area contributed by atoms with Gasteiger partial charge in [0.15, 0.2) is 0 Å². The molecule has 0 fully saturated rings. The molecule has 0 bridgehead atoms. The number of carbonyl (C=O) groups excluding carboxylic acids is 1. The number of amides is 1. The first-order valence-corrected chi connectivity index (χ1v) is 4.83. The molecule has 0 aromatic heterocycles. The van der Waals surface area contributed by atoms with Crippen molar-refractivity contribution in [3.05, 3.63) is 12.7 Å². The Kier molecular flexibility index (Phi) is 8.67. The van der Waals surface area contributed by atoms with Gasteiger partial charge in [0, 0.05) is 13.0 Å². The molecule has 0 saturated heterocycles. The van der Waals surface area contributed by atoms with E-state index in [1.165, 1.54) is 0 Å². The van der Waals surface area contributed by atoms with Crippen molar-refractivity contribution in [2.75, 3.05) is 20.1 Å². The van der Waals surface area contributed by atoms with Gasteiger partial charge in [0.25, 0.3) is 0 Å². The Hall–Kier alpha value is -0.830. The fourth-order valence-corrected chi connectivity index (χ4v) is 1.04. The zero-order chi connectivity index (χ0) is 9.94. The van der Waals surface area contributed by atoms with Gasteiger partial charge in [-0.25, -0.2) is 0 Å². The van der Waals surface area contributed by atoms with E-state index in [1.807, 2.05) is 7.05 Å². The van der Waals surface area contributed by atoms with E-state index in [0.29, 0.717) is 13.0 Å². The summed E-state index contributed by atoms with van der Waals surface area (Å²) in [4.78, 5) is 11.1. The summed E-state index contributed by atoms with van der Waals surface area (Å²) in [7, 11) is 1.94. The summed E-state index contributed by atoms with van der Waals surface area (Å²) >= 11 is 0. The summed E-state index contributed by atoms with van der Waals surface area (Å²) in [6, 6.07) is 0. The minimum atomic E-state index is 0.129. The quantitative estimate of drug-likeness (QED) is 0.437. The van der Waals surface area contributed by atoms with Crippen molar-refractivity contribution in [3.63, 3.8) is 0 Å². The molecule has 0 radical (unpaired) electrons. The van der Waals surface area contributed by atoms with Crippen LogP contribution in [0.4, 0.5) is 0 Å². The molecule has 0 aromatic rings. The molecular formula is C10H20N2O. The van der Waals surface area contributed by atoms with Crippen molar-refractivity contribution >= 4 is 5.91 Å². The van der Waals surface area contributed by atoms with Crippen LogP contribution in [0.25, 0.3) is 0 Å². The first-order chi connectivity index (χ1) is 6.31. The van der Waals surface area contributed by atoms with E-state index in [1.54, 1.807) is 6.08 Å². The van der Waals surface area contributed by atoms with E-state index in [-0.39, 0.29) is 5.91 Å². The SMILES string of the molecule is C=CCNC(=O)CCCCCNC. The average Bonchev–Trinajstić information content (AvgIpc) is 2.14. The minimum Gasteiger partial charge on any atom is -0.353 e. The van der Waals surface area contributed by atoms with E-state index in [9.17, 15) is 4.79 Å². The topological polar surface area (TPSA) is 41.1 Å². The van der Waals surface area contributed by atoms with E-state index in [0.717, 1.165) is 25.8 Å². The summed E-state index contributed by atoms with van der Waals surface area (Å²) in [6.07, 6.45) is 5.56. The third kappa shape index (κ3) is 9.08. The molecule has 0 rings (SSSR count). The molecule has 0 unspecified atom stereocenters. The van der Waals surface area contributed by atoms with Gasteiger partial charge in [0.1, 0.15) is 0 Å². The van der Waals surface area contributed by atoms with Gasteiger partial charge in [-0.2, -0.15) is 0 Å². The molecule has 0 heterocycles. The second-order valence-electron chi connectivity index (χ2n) is 3.01. The van der Waals surface area contributed by atoms with Crippen LogP contribution in [0.5, 0.6) is 0 Å². The standard InChI is InChI=1S/C10H20N2O/c1-3-8-12-10(13)7-5-4-6-9-11-2/h3,11H,1,4-9H2,2H3,(H,12,13). The lowest BCUT2D eigenvalue weighted by Gasteiger charge is -2.01. The largest absolute Gasteiger partial charge is 0.353 e. The molecule has 76 valence electrons. The lowest BCUT2D eigenvalue weighted by atomic mass is 10.2. The van der Waals surface area contributed by atoms with Gasteiger partial charge in [0.05, 0.1) is 0 Å². The average molecular weight is 184 g/mol. The van der Waals surface area contributed by atoms with Gasteiger partial charge >= 0.3 is 0 Å². The highest BCUT2D eigenvalue weighted by molar-refractivity contribution is 5.75. The van der Waals surface area contributed by atoms with Gasteiger partial charge in [-0.3, -0.25) is 4.79 Å². The van der Waals surface area contributed by atoms with Crippen molar-refractivity contribution in [3.8, 4) is 0 Å². The summed E-state index contributed by atoms with van der Waals surface area (Å²) in [5, 5.41) is 5.83. The molecule has 13 heavy (non-hydrogen) atoms. The third-order valence-electron chi connectivity index (χ3n) is 1.77. The molecule has 1 amide bonds. The van der Waals surface area contributed by atoms with Crippen LogP contribution in [0.2, 0.25) is 0 Å². The summed E-state index contributed by atoms with van der Waals surface area (Å²) in [5.74, 6) is 0.129. The Bertz CT molecular complexity index is 146. The van der Waals surface area contributed by atoms with Gasteiger partial charge in [0.2, 0.25) is 5.91 Å². The number of unbranched alkanes of at least 4 members (excludes halogenated alkanes) is 2. The molecule has 0 spiro atoms. The van der Waals surface area contributed by atoms with Crippen molar-refractivity contribution in [2.24, 2.45) is 0 Å². The fourth-order valence-electron chi connectivity index (χ4n) is 1.04. The van der Waals surface area contributed by atoms with Gasteiger partial charge in [-0.05, 0) is 26.4 Å². The highest BCUT2D eigenvalue weighted by Gasteiger charge is 1.97. The second kappa shape index (κ2) is 9.26. The highest BCUT2D eigenvalue weighted by atomic mass is 16.1. The summed E-state index contributed by atoms with van der Waals surface area (Å²) in [6.45, 7) is 5.15. The predicted octanol–water partition coefficient (Wildman–Crippen LogP) is 1.07. The smallest absolute Gasteiger partial charge is 0.220 e. The van der Waals surface area contributed by atoms with Crippen molar-refractivity contribution < 1.29 is 4.79 Å². The molecule has 3 heteroatoms. The molecule has 0 atom stereocenters. The second-order valence-corrected chi connectivity index (χ2v) is 3.01. The Morgan fingerprint density at radius 3 is 2.77 bits per heavy atom. The monoisotopic (exact) mass is 184 g/mol. The normalized spacial score (nSPS) is 9.62. The predicted molar refractivity (Wildman–Crippen MR) is 55.6 cm³/mol. The molecule has 0 saturated carbocycles. The maximum atomic E-state index is 11.1. The summed E-state index contributed by atoms with van der Waals surface area (Å²) in [5.41, 5.74) is 0. The zero-order valence-corrected chi connectivity index (χ0v) is 8.44. The fraction of sp³-hybridized carbons (Fsp3) is 0.700. The molecule has 0 aromatic carbocycles. The Morgan fingerprint density at radius 1 is 1.38 bits per heavy atom. The number of hydrogen-bond donors (Lipinski definition) is 2. The van der Waals surface area contributed by atoms with Crippen LogP contribution in [-0.2, 0) is 4.79 Å². The zero-order valence-electron chi connectivity index (χ0n) is 8.44. The van der Waals surface area contributed by atoms with E-state index >= 15 is 0 Å². The molecule has 2 N–H and O–H groups in total. The number of carbonyl (C=O) groups is 1. The number of nitrogens with one attached hydrogen (secondary N) is 2. The number of hydrogen-bond acceptors (Lipinski definition) is 2. The maximum absolute atomic E-state index is 11.1. The van der Waals surface area contributed by atoms with Crippen LogP contribution in [-0.4, -0.2) is 26.0 Å². The Labute approximate surface area is 80.6 Å². The summed E-state index contributed by atoms with van der Waals surface area (Å²) < 4.78 is 0. The Balaban J connectivity index is 3.12. The van der Waals surface area contributed by atoms with Crippen LogP contribution >= 0.6 is 0 Å². The lowest BCUT2D eigenvalue weighted by molar-refractivity contribution is -0.121. The van der Waals surface area contributed by atoms with E-state index in [4.69, 9.17) is 0 Å². The molecule has 0 aliphatic rings.